The molecule has 2 rings (SSSR count). The van der Waals surface area contributed by atoms with Crippen LogP contribution in [0.15, 0.2) is 24.3 Å². The lowest BCUT2D eigenvalue weighted by Gasteiger charge is -2.23. The predicted molar refractivity (Wildman–Crippen MR) is 110 cm³/mol. The largest absolute Gasteiger partial charge is 0.350 e. The molecule has 28 heavy (non-hydrogen) atoms. The van der Waals surface area contributed by atoms with Crippen LogP contribution in [0.5, 0.6) is 0 Å². The standard InChI is InChI=1S/C21H32N4O3/c1-21(2,3)24-19(27)14-25(4)13-18(26)23-17-12-8-7-11-16(17)20(28)22-15-9-5-6-10-15/h7-8,11-12,15H,5-6,9-10,13-14H2,1-4H3,(H,22,28)(H,23,26)(H,24,27). The lowest BCUT2D eigenvalue weighted by molar-refractivity contribution is -0.124. The summed E-state index contributed by atoms with van der Waals surface area (Å²) in [5.74, 6) is -0.577. The van der Waals surface area contributed by atoms with Gasteiger partial charge in [-0.05, 0) is 52.8 Å². The number of nitrogens with one attached hydrogen (secondary N) is 3. The van der Waals surface area contributed by atoms with Crippen molar-refractivity contribution in [2.24, 2.45) is 0 Å². The molecule has 0 spiro atoms. The van der Waals surface area contributed by atoms with Crippen molar-refractivity contribution in [2.75, 3.05) is 25.5 Å². The van der Waals surface area contributed by atoms with Crippen LogP contribution >= 0.6 is 0 Å². The first-order valence-electron chi connectivity index (χ1n) is 9.83. The van der Waals surface area contributed by atoms with E-state index in [9.17, 15) is 14.4 Å². The molecular formula is C21H32N4O3. The van der Waals surface area contributed by atoms with Gasteiger partial charge in [0.2, 0.25) is 11.8 Å². The van der Waals surface area contributed by atoms with Crippen LogP contribution in [0.4, 0.5) is 5.69 Å². The topological polar surface area (TPSA) is 90.5 Å². The average molecular weight is 389 g/mol. The molecule has 0 aromatic heterocycles. The van der Waals surface area contributed by atoms with Gasteiger partial charge in [-0.15, -0.1) is 0 Å². The maximum absolute atomic E-state index is 12.6. The molecule has 1 aliphatic carbocycles. The molecule has 154 valence electrons. The highest BCUT2D eigenvalue weighted by atomic mass is 16.2. The third kappa shape index (κ3) is 7.31. The van der Waals surface area contributed by atoms with Gasteiger partial charge in [-0.1, -0.05) is 25.0 Å². The number of hydrogen-bond donors (Lipinski definition) is 3. The molecule has 1 aliphatic rings. The van der Waals surface area contributed by atoms with E-state index in [-0.39, 0.29) is 42.4 Å². The van der Waals surface area contributed by atoms with Crippen molar-refractivity contribution in [3.05, 3.63) is 29.8 Å². The highest BCUT2D eigenvalue weighted by Gasteiger charge is 2.21. The minimum absolute atomic E-state index is 0.0517. The van der Waals surface area contributed by atoms with Gasteiger partial charge in [0.1, 0.15) is 0 Å². The Morgan fingerprint density at radius 3 is 2.29 bits per heavy atom. The molecule has 0 unspecified atom stereocenters. The molecule has 0 radical (unpaired) electrons. The van der Waals surface area contributed by atoms with Gasteiger partial charge >= 0.3 is 0 Å². The zero-order chi connectivity index (χ0) is 20.7. The van der Waals surface area contributed by atoms with Gasteiger partial charge in [0, 0.05) is 11.6 Å². The Labute approximate surface area is 167 Å². The molecule has 1 saturated carbocycles. The van der Waals surface area contributed by atoms with Gasteiger partial charge < -0.3 is 16.0 Å². The number of amides is 3. The molecule has 1 aromatic rings. The number of benzene rings is 1. The van der Waals surface area contributed by atoms with Gasteiger partial charge in [-0.25, -0.2) is 0 Å². The second-order valence-corrected chi connectivity index (χ2v) is 8.52. The fourth-order valence-electron chi connectivity index (χ4n) is 3.32. The molecule has 7 nitrogen and oxygen atoms in total. The van der Waals surface area contributed by atoms with Crippen LogP contribution in [-0.2, 0) is 9.59 Å². The highest BCUT2D eigenvalue weighted by molar-refractivity contribution is 6.04. The maximum Gasteiger partial charge on any atom is 0.253 e. The van der Waals surface area contributed by atoms with E-state index < -0.39 is 0 Å². The predicted octanol–water partition coefficient (Wildman–Crippen LogP) is 2.14. The van der Waals surface area contributed by atoms with E-state index in [1.54, 1.807) is 36.2 Å². The van der Waals surface area contributed by atoms with E-state index >= 15 is 0 Å². The smallest absolute Gasteiger partial charge is 0.253 e. The number of likely N-dealkylation sites (N-methyl/N-ethyl adjacent to an activating group) is 1. The van der Waals surface area contributed by atoms with Crippen LogP contribution in [0.25, 0.3) is 0 Å². The Morgan fingerprint density at radius 1 is 1.04 bits per heavy atom. The lowest BCUT2D eigenvalue weighted by Crippen LogP contribution is -2.46. The van der Waals surface area contributed by atoms with Crippen molar-refractivity contribution < 1.29 is 14.4 Å². The fourth-order valence-corrected chi connectivity index (χ4v) is 3.32. The molecule has 0 aliphatic heterocycles. The van der Waals surface area contributed by atoms with E-state index in [4.69, 9.17) is 0 Å². The van der Waals surface area contributed by atoms with Crippen molar-refractivity contribution >= 4 is 23.4 Å². The minimum Gasteiger partial charge on any atom is -0.350 e. The molecule has 0 heterocycles. The van der Waals surface area contributed by atoms with Crippen molar-refractivity contribution in [3.8, 4) is 0 Å². The molecule has 0 saturated heterocycles. The summed E-state index contributed by atoms with van der Waals surface area (Å²) in [6, 6.07) is 7.20. The number of carbonyl (C=O) groups is 3. The summed E-state index contributed by atoms with van der Waals surface area (Å²) in [5, 5.41) is 8.71. The van der Waals surface area contributed by atoms with Crippen molar-refractivity contribution in [1.82, 2.24) is 15.5 Å². The van der Waals surface area contributed by atoms with Crippen molar-refractivity contribution in [2.45, 2.75) is 58.0 Å². The Hall–Kier alpha value is -2.41. The van der Waals surface area contributed by atoms with Crippen LogP contribution in [0.2, 0.25) is 0 Å². The molecule has 1 aromatic carbocycles. The second-order valence-electron chi connectivity index (χ2n) is 8.52. The van der Waals surface area contributed by atoms with E-state index in [2.05, 4.69) is 16.0 Å². The summed E-state index contributed by atoms with van der Waals surface area (Å²) < 4.78 is 0. The van der Waals surface area contributed by atoms with Gasteiger partial charge in [0.05, 0.1) is 24.3 Å². The van der Waals surface area contributed by atoms with Gasteiger partial charge in [-0.3, -0.25) is 19.3 Å². The number of nitrogens with zero attached hydrogens (tertiary/aromatic N) is 1. The third-order valence-electron chi connectivity index (χ3n) is 4.48. The number of rotatable bonds is 7. The summed E-state index contributed by atoms with van der Waals surface area (Å²) in [7, 11) is 1.71. The van der Waals surface area contributed by atoms with Crippen LogP contribution in [0.3, 0.4) is 0 Å². The Morgan fingerprint density at radius 2 is 1.64 bits per heavy atom. The number of anilines is 1. The van der Waals surface area contributed by atoms with E-state index in [1.165, 1.54) is 0 Å². The summed E-state index contributed by atoms with van der Waals surface area (Å²) in [5.41, 5.74) is 0.623. The minimum atomic E-state index is -0.314. The second kappa shape index (κ2) is 9.68. The lowest BCUT2D eigenvalue weighted by atomic mass is 10.1. The maximum atomic E-state index is 12.6. The van der Waals surface area contributed by atoms with E-state index in [0.717, 1.165) is 25.7 Å². The Kier molecular flexibility index (Phi) is 7.57. The summed E-state index contributed by atoms with van der Waals surface area (Å²) in [4.78, 5) is 38.6. The van der Waals surface area contributed by atoms with Gasteiger partial charge in [-0.2, -0.15) is 0 Å². The first-order valence-corrected chi connectivity index (χ1v) is 9.83. The van der Waals surface area contributed by atoms with Crippen molar-refractivity contribution in [3.63, 3.8) is 0 Å². The van der Waals surface area contributed by atoms with E-state index in [0.29, 0.717) is 11.3 Å². The number of hydrogen-bond acceptors (Lipinski definition) is 4. The number of carbonyl (C=O) groups excluding carboxylic acids is 3. The van der Waals surface area contributed by atoms with Crippen LogP contribution in [0.1, 0.15) is 56.8 Å². The molecule has 3 N–H and O–H groups in total. The molecular weight excluding hydrogens is 356 g/mol. The fraction of sp³-hybridized carbons (Fsp3) is 0.571. The van der Waals surface area contributed by atoms with Crippen LogP contribution in [-0.4, -0.2) is 54.3 Å². The molecule has 3 amide bonds. The zero-order valence-electron chi connectivity index (χ0n) is 17.3. The monoisotopic (exact) mass is 388 g/mol. The highest BCUT2D eigenvalue weighted by Crippen LogP contribution is 2.20. The van der Waals surface area contributed by atoms with Crippen LogP contribution < -0.4 is 16.0 Å². The van der Waals surface area contributed by atoms with Gasteiger partial charge in [0.15, 0.2) is 0 Å². The van der Waals surface area contributed by atoms with Gasteiger partial charge in [0.25, 0.3) is 5.91 Å². The van der Waals surface area contributed by atoms with E-state index in [1.807, 2.05) is 20.8 Å². The summed E-state index contributed by atoms with van der Waals surface area (Å²) in [6.45, 7) is 5.89. The van der Waals surface area contributed by atoms with Crippen LogP contribution in [0, 0.1) is 0 Å². The number of para-hydroxylation sites is 1. The Balaban J connectivity index is 1.91. The first-order chi connectivity index (χ1) is 13.1. The van der Waals surface area contributed by atoms with Crippen molar-refractivity contribution in [1.29, 1.82) is 0 Å². The first kappa shape index (κ1) is 21.9. The zero-order valence-corrected chi connectivity index (χ0v) is 17.3. The molecule has 0 bridgehead atoms. The quantitative estimate of drug-likeness (QED) is 0.668. The normalized spacial score (nSPS) is 14.8. The SMILES string of the molecule is CN(CC(=O)Nc1ccccc1C(=O)NC1CCCC1)CC(=O)NC(C)(C)C. The molecule has 7 heteroatoms. The average Bonchev–Trinajstić information content (AvgIpc) is 3.05. The third-order valence-corrected chi connectivity index (χ3v) is 4.48. The summed E-state index contributed by atoms with van der Waals surface area (Å²) in [6.07, 6.45) is 4.28. The molecule has 0 atom stereocenters. The summed E-state index contributed by atoms with van der Waals surface area (Å²) >= 11 is 0. The Bertz CT molecular complexity index is 706. The molecule has 1 fully saturated rings.